The van der Waals surface area contributed by atoms with E-state index in [1.807, 2.05) is 12.1 Å². The summed E-state index contributed by atoms with van der Waals surface area (Å²) in [6.45, 7) is 3.90. The molecular weight excluding hydrogens is 206 g/mol. The smallest absolute Gasteiger partial charge is 0.161 e. The van der Waals surface area contributed by atoms with Crippen LogP contribution in [-0.2, 0) is 13.0 Å². The van der Waals surface area contributed by atoms with E-state index < -0.39 is 0 Å². The number of fused-ring (bicyclic) bond motifs is 1. The fraction of sp³-hybridized carbons (Fsp3) is 0.500. The lowest BCUT2D eigenvalue weighted by Gasteiger charge is -2.13. The number of hydrogen-bond acceptors (Lipinski definition) is 4. The zero-order valence-electron chi connectivity index (χ0n) is 9.45. The predicted molar refractivity (Wildman–Crippen MR) is 60.1 cm³/mol. The molecule has 0 spiro atoms. The summed E-state index contributed by atoms with van der Waals surface area (Å²) in [7, 11) is 0. The molecule has 0 aromatic heterocycles. The predicted octanol–water partition coefficient (Wildman–Crippen LogP) is 1.89. The summed E-state index contributed by atoms with van der Waals surface area (Å²) in [5.74, 6) is 1.59. The Bertz CT molecular complexity index is 365. The summed E-state index contributed by atoms with van der Waals surface area (Å²) in [5.41, 5.74) is 4.41. The molecule has 4 heteroatoms. The van der Waals surface area contributed by atoms with Gasteiger partial charge in [-0.15, -0.1) is 0 Å². The van der Waals surface area contributed by atoms with Gasteiger partial charge in [0.25, 0.3) is 0 Å². The molecule has 2 rings (SSSR count). The molecule has 1 aliphatic rings. The van der Waals surface area contributed by atoms with Gasteiger partial charge in [-0.25, -0.2) is 5.48 Å². The Kier molecular flexibility index (Phi) is 3.64. The van der Waals surface area contributed by atoms with Gasteiger partial charge >= 0.3 is 0 Å². The lowest BCUT2D eigenvalue weighted by Crippen LogP contribution is -2.09. The maximum atomic E-state index is 8.78. The molecule has 1 aliphatic heterocycles. The fourth-order valence-corrected chi connectivity index (χ4v) is 1.87. The number of hydrogen-bond donors (Lipinski definition) is 2. The van der Waals surface area contributed by atoms with Crippen molar-refractivity contribution in [3.8, 4) is 11.5 Å². The molecule has 0 saturated carbocycles. The van der Waals surface area contributed by atoms with Crippen molar-refractivity contribution >= 4 is 0 Å². The number of aryl methyl sites for hydroxylation is 1. The van der Waals surface area contributed by atoms with Crippen LogP contribution < -0.4 is 15.0 Å². The van der Waals surface area contributed by atoms with Crippen LogP contribution in [0.5, 0.6) is 11.5 Å². The molecule has 0 radical (unpaired) electrons. The van der Waals surface area contributed by atoms with Crippen LogP contribution in [0.3, 0.4) is 0 Å². The molecule has 1 aromatic carbocycles. The third-order valence-electron chi connectivity index (χ3n) is 2.72. The number of hydroxylamine groups is 1. The highest BCUT2D eigenvalue weighted by Crippen LogP contribution is 2.33. The number of benzene rings is 1. The van der Waals surface area contributed by atoms with Crippen LogP contribution in [0.2, 0.25) is 0 Å². The molecule has 0 unspecified atom stereocenters. The van der Waals surface area contributed by atoms with Crippen molar-refractivity contribution < 1.29 is 14.7 Å². The van der Waals surface area contributed by atoms with E-state index in [1.165, 1.54) is 5.56 Å². The minimum Gasteiger partial charge on any atom is -0.490 e. The van der Waals surface area contributed by atoms with Crippen LogP contribution in [0.25, 0.3) is 0 Å². The molecule has 1 aromatic rings. The number of ether oxygens (including phenoxy) is 2. The first-order valence-corrected chi connectivity index (χ1v) is 5.63. The summed E-state index contributed by atoms with van der Waals surface area (Å²) in [6.07, 6.45) is 1.82. The van der Waals surface area contributed by atoms with Crippen LogP contribution in [0.4, 0.5) is 0 Å². The largest absolute Gasteiger partial charge is 0.490 e. The van der Waals surface area contributed by atoms with Gasteiger partial charge in [0.05, 0.1) is 13.2 Å². The van der Waals surface area contributed by atoms with E-state index in [1.54, 1.807) is 0 Å². The summed E-state index contributed by atoms with van der Waals surface area (Å²) >= 11 is 0. The molecule has 0 saturated heterocycles. The molecule has 16 heavy (non-hydrogen) atoms. The van der Waals surface area contributed by atoms with E-state index in [0.717, 1.165) is 29.9 Å². The molecule has 1 heterocycles. The monoisotopic (exact) mass is 223 g/mol. The molecule has 0 atom stereocenters. The number of rotatable bonds is 3. The van der Waals surface area contributed by atoms with Gasteiger partial charge in [0, 0.05) is 13.0 Å². The second kappa shape index (κ2) is 5.18. The van der Waals surface area contributed by atoms with Crippen LogP contribution in [0, 0.1) is 0 Å². The summed E-state index contributed by atoms with van der Waals surface area (Å²) < 4.78 is 11.2. The lowest BCUT2D eigenvalue weighted by atomic mass is 10.0. The first-order valence-electron chi connectivity index (χ1n) is 5.63. The van der Waals surface area contributed by atoms with E-state index in [0.29, 0.717) is 19.8 Å². The Morgan fingerprint density at radius 2 is 1.81 bits per heavy atom. The van der Waals surface area contributed by atoms with E-state index in [2.05, 4.69) is 12.4 Å². The molecule has 0 aliphatic carbocycles. The Morgan fingerprint density at radius 1 is 1.19 bits per heavy atom. The van der Waals surface area contributed by atoms with E-state index in [9.17, 15) is 0 Å². The van der Waals surface area contributed by atoms with Crippen molar-refractivity contribution in [1.29, 1.82) is 0 Å². The molecule has 2 N–H and O–H groups in total. The van der Waals surface area contributed by atoms with Gasteiger partial charge in [-0.2, -0.15) is 0 Å². The average molecular weight is 223 g/mol. The normalized spacial score (nSPS) is 14.6. The Morgan fingerprint density at radius 3 is 2.38 bits per heavy atom. The minimum absolute atomic E-state index is 0.430. The first kappa shape index (κ1) is 11.2. The fourth-order valence-electron chi connectivity index (χ4n) is 1.87. The third-order valence-corrected chi connectivity index (χ3v) is 2.72. The van der Waals surface area contributed by atoms with Crippen molar-refractivity contribution in [2.24, 2.45) is 0 Å². The highest BCUT2D eigenvalue weighted by Gasteiger charge is 2.13. The molecule has 4 nitrogen and oxygen atoms in total. The third kappa shape index (κ3) is 2.28. The summed E-state index contributed by atoms with van der Waals surface area (Å²) in [4.78, 5) is 0. The van der Waals surface area contributed by atoms with Gasteiger partial charge in [-0.05, 0) is 29.7 Å². The van der Waals surface area contributed by atoms with E-state index in [-0.39, 0.29) is 0 Å². The van der Waals surface area contributed by atoms with Crippen LogP contribution in [0.15, 0.2) is 12.1 Å². The SMILES string of the molecule is CCc1cc2c(cc1CNO)OCCCO2. The average Bonchev–Trinajstić information content (AvgIpc) is 2.53. The van der Waals surface area contributed by atoms with Crippen molar-refractivity contribution in [3.05, 3.63) is 23.3 Å². The van der Waals surface area contributed by atoms with Crippen LogP contribution in [-0.4, -0.2) is 18.4 Å². The lowest BCUT2D eigenvalue weighted by molar-refractivity contribution is 0.161. The zero-order valence-corrected chi connectivity index (χ0v) is 9.45. The molecule has 0 amide bonds. The van der Waals surface area contributed by atoms with Crippen molar-refractivity contribution in [2.45, 2.75) is 26.3 Å². The first-order chi connectivity index (χ1) is 7.85. The second-order valence-corrected chi connectivity index (χ2v) is 3.81. The quantitative estimate of drug-likeness (QED) is 0.768. The van der Waals surface area contributed by atoms with Crippen molar-refractivity contribution in [2.75, 3.05) is 13.2 Å². The minimum atomic E-state index is 0.430. The van der Waals surface area contributed by atoms with Gasteiger partial charge in [0.1, 0.15) is 0 Å². The van der Waals surface area contributed by atoms with Gasteiger partial charge in [-0.3, -0.25) is 0 Å². The van der Waals surface area contributed by atoms with Crippen molar-refractivity contribution in [3.63, 3.8) is 0 Å². The molecular formula is C12H17NO3. The van der Waals surface area contributed by atoms with E-state index >= 15 is 0 Å². The van der Waals surface area contributed by atoms with Gasteiger partial charge in [0.2, 0.25) is 0 Å². The van der Waals surface area contributed by atoms with Crippen molar-refractivity contribution in [1.82, 2.24) is 5.48 Å². The standard InChI is InChI=1S/C12H17NO3/c1-2-9-6-11-12(7-10(9)8-13-14)16-5-3-4-15-11/h6-7,13-14H,2-5,8H2,1H3. The second-order valence-electron chi connectivity index (χ2n) is 3.81. The summed E-state index contributed by atoms with van der Waals surface area (Å²) in [5, 5.41) is 8.78. The Labute approximate surface area is 95.1 Å². The zero-order chi connectivity index (χ0) is 11.4. The maximum absolute atomic E-state index is 8.78. The highest BCUT2D eigenvalue weighted by molar-refractivity contribution is 5.47. The van der Waals surface area contributed by atoms with Gasteiger partial charge < -0.3 is 14.7 Å². The van der Waals surface area contributed by atoms with Gasteiger partial charge in [-0.1, -0.05) is 6.92 Å². The van der Waals surface area contributed by atoms with E-state index in [4.69, 9.17) is 14.7 Å². The number of nitrogens with one attached hydrogen (secondary N) is 1. The Hall–Kier alpha value is -1.26. The molecule has 0 bridgehead atoms. The molecule has 88 valence electrons. The topological polar surface area (TPSA) is 50.7 Å². The van der Waals surface area contributed by atoms with Crippen LogP contribution in [0.1, 0.15) is 24.5 Å². The Balaban J connectivity index is 2.36. The van der Waals surface area contributed by atoms with Gasteiger partial charge in [0.15, 0.2) is 11.5 Å². The summed E-state index contributed by atoms with van der Waals surface area (Å²) in [6, 6.07) is 3.95. The molecule has 0 fully saturated rings. The maximum Gasteiger partial charge on any atom is 0.161 e. The van der Waals surface area contributed by atoms with Crippen LogP contribution >= 0.6 is 0 Å². The highest BCUT2D eigenvalue weighted by atomic mass is 16.5.